The van der Waals surface area contributed by atoms with Gasteiger partial charge in [-0.2, -0.15) is 13.2 Å². The lowest BCUT2D eigenvalue weighted by molar-refractivity contribution is -0.137. The molecule has 0 bridgehead atoms. The van der Waals surface area contributed by atoms with Crippen LogP contribution in [-0.2, 0) is 12.6 Å². The zero-order valence-corrected chi connectivity index (χ0v) is 11.5. The second-order valence-electron chi connectivity index (χ2n) is 5.31. The van der Waals surface area contributed by atoms with Crippen molar-refractivity contribution in [3.63, 3.8) is 0 Å². The molecule has 21 heavy (non-hydrogen) atoms. The smallest absolute Gasteiger partial charge is 0.306 e. The highest BCUT2D eigenvalue weighted by Crippen LogP contribution is 2.32. The Kier molecular flexibility index (Phi) is 3.72. The number of halogens is 3. The van der Waals surface area contributed by atoms with E-state index in [0.717, 1.165) is 42.6 Å². The minimum absolute atomic E-state index is 0.0361. The van der Waals surface area contributed by atoms with Crippen LogP contribution in [-0.4, -0.2) is 6.54 Å². The summed E-state index contributed by atoms with van der Waals surface area (Å²) in [6, 6.07) is 13.6. The van der Waals surface area contributed by atoms with Gasteiger partial charge in [0, 0.05) is 0 Å². The van der Waals surface area contributed by atoms with Gasteiger partial charge >= 0.3 is 6.18 Å². The van der Waals surface area contributed by atoms with Gasteiger partial charge in [-0.05, 0) is 48.2 Å². The molecule has 1 N–H and O–H groups in total. The fraction of sp³-hybridized carbons (Fsp3) is 0.294. The van der Waals surface area contributed by atoms with Gasteiger partial charge in [0.05, 0.1) is 11.6 Å². The maximum absolute atomic E-state index is 12.7. The van der Waals surface area contributed by atoms with Crippen LogP contribution in [0.5, 0.6) is 0 Å². The Morgan fingerprint density at radius 1 is 0.952 bits per heavy atom. The van der Waals surface area contributed by atoms with Crippen molar-refractivity contribution in [2.24, 2.45) is 0 Å². The van der Waals surface area contributed by atoms with E-state index in [4.69, 9.17) is 0 Å². The van der Waals surface area contributed by atoms with Crippen molar-refractivity contribution in [1.29, 1.82) is 0 Å². The first-order valence-corrected chi connectivity index (χ1v) is 7.04. The van der Waals surface area contributed by atoms with Gasteiger partial charge in [-0.3, -0.25) is 0 Å². The van der Waals surface area contributed by atoms with E-state index in [2.05, 4.69) is 17.4 Å². The van der Waals surface area contributed by atoms with Crippen LogP contribution >= 0.6 is 0 Å². The van der Waals surface area contributed by atoms with Crippen molar-refractivity contribution in [3.05, 3.63) is 70.8 Å². The van der Waals surface area contributed by atoms with Crippen LogP contribution in [0, 0.1) is 0 Å². The van der Waals surface area contributed by atoms with Crippen molar-refractivity contribution in [2.75, 3.05) is 6.54 Å². The van der Waals surface area contributed by atoms with Crippen molar-refractivity contribution in [3.8, 4) is 0 Å². The van der Waals surface area contributed by atoms with E-state index in [9.17, 15) is 13.2 Å². The van der Waals surface area contributed by atoms with Gasteiger partial charge in [0.2, 0.25) is 0 Å². The van der Waals surface area contributed by atoms with E-state index in [1.807, 2.05) is 12.1 Å². The first kappa shape index (κ1) is 14.1. The second kappa shape index (κ2) is 5.53. The maximum Gasteiger partial charge on any atom is 0.416 e. The molecule has 0 amide bonds. The van der Waals surface area contributed by atoms with Gasteiger partial charge < -0.3 is 5.32 Å². The van der Waals surface area contributed by atoms with E-state index >= 15 is 0 Å². The maximum atomic E-state index is 12.7. The second-order valence-corrected chi connectivity index (χ2v) is 5.31. The first-order chi connectivity index (χ1) is 10.1. The monoisotopic (exact) mass is 291 g/mol. The molecule has 0 saturated heterocycles. The summed E-state index contributed by atoms with van der Waals surface area (Å²) in [7, 11) is 0. The molecule has 1 unspecified atom stereocenters. The average molecular weight is 291 g/mol. The Morgan fingerprint density at radius 2 is 1.67 bits per heavy atom. The molecular formula is C17H16F3N. The molecule has 1 heterocycles. The molecule has 0 aromatic heterocycles. The summed E-state index contributed by atoms with van der Waals surface area (Å²) >= 11 is 0. The lowest BCUT2D eigenvalue weighted by Gasteiger charge is -2.20. The van der Waals surface area contributed by atoms with Crippen molar-refractivity contribution >= 4 is 0 Å². The molecule has 0 saturated carbocycles. The van der Waals surface area contributed by atoms with Crippen LogP contribution in [0.3, 0.4) is 0 Å². The van der Waals surface area contributed by atoms with Crippen LogP contribution in [0.2, 0.25) is 0 Å². The van der Waals surface area contributed by atoms with E-state index in [1.165, 1.54) is 5.56 Å². The number of alkyl halides is 3. The number of fused-ring (bicyclic) bond motifs is 1. The normalized spacial score (nSPS) is 18.9. The fourth-order valence-electron chi connectivity index (χ4n) is 2.84. The Labute approximate surface area is 121 Å². The number of rotatable bonds is 1. The largest absolute Gasteiger partial charge is 0.416 e. The summed E-state index contributed by atoms with van der Waals surface area (Å²) < 4.78 is 38.0. The number of nitrogens with one attached hydrogen (secondary N) is 1. The summed E-state index contributed by atoms with van der Waals surface area (Å²) in [5.74, 6) is 0. The molecule has 0 radical (unpaired) electrons. The van der Waals surface area contributed by atoms with Crippen LogP contribution in [0.15, 0.2) is 48.5 Å². The predicted octanol–water partition coefficient (Wildman–Crippen LogP) is 4.33. The Hall–Kier alpha value is -1.81. The molecule has 0 fully saturated rings. The van der Waals surface area contributed by atoms with Gasteiger partial charge in [0.1, 0.15) is 0 Å². The van der Waals surface area contributed by atoms with Crippen LogP contribution < -0.4 is 5.32 Å². The quantitative estimate of drug-likeness (QED) is 0.824. The number of hydrogen-bond donors (Lipinski definition) is 1. The van der Waals surface area contributed by atoms with Crippen molar-refractivity contribution in [2.45, 2.75) is 25.1 Å². The SMILES string of the molecule is FC(F)(F)c1ccc(C2NCCCc3ccccc32)cc1. The topological polar surface area (TPSA) is 12.0 Å². The van der Waals surface area contributed by atoms with E-state index in [-0.39, 0.29) is 6.04 Å². The van der Waals surface area contributed by atoms with Gasteiger partial charge in [0.25, 0.3) is 0 Å². The van der Waals surface area contributed by atoms with Crippen LogP contribution in [0.4, 0.5) is 13.2 Å². The molecule has 0 aliphatic carbocycles. The van der Waals surface area contributed by atoms with E-state index in [0.29, 0.717) is 0 Å². The Balaban J connectivity index is 1.96. The van der Waals surface area contributed by atoms with Gasteiger partial charge in [-0.25, -0.2) is 0 Å². The third kappa shape index (κ3) is 2.95. The molecule has 1 aliphatic rings. The molecule has 4 heteroatoms. The third-order valence-corrected chi connectivity index (χ3v) is 3.91. The molecular weight excluding hydrogens is 275 g/mol. The van der Waals surface area contributed by atoms with Gasteiger partial charge in [-0.15, -0.1) is 0 Å². The highest BCUT2D eigenvalue weighted by Gasteiger charge is 2.30. The predicted molar refractivity (Wildman–Crippen MR) is 76.1 cm³/mol. The molecule has 3 rings (SSSR count). The summed E-state index contributed by atoms with van der Waals surface area (Å²) in [6.45, 7) is 0.861. The molecule has 1 nitrogen and oxygen atoms in total. The van der Waals surface area contributed by atoms with Crippen molar-refractivity contribution < 1.29 is 13.2 Å². The molecule has 1 aliphatic heterocycles. The minimum Gasteiger partial charge on any atom is -0.306 e. The lowest BCUT2D eigenvalue weighted by Crippen LogP contribution is -2.22. The highest BCUT2D eigenvalue weighted by atomic mass is 19.4. The standard InChI is InChI=1S/C17H16F3N/c18-17(19,20)14-9-7-13(8-10-14)16-15-6-2-1-4-12(15)5-3-11-21-16/h1-2,4,6-10,16,21H,3,5,11H2. The average Bonchev–Trinajstić information content (AvgIpc) is 2.69. The van der Waals surface area contributed by atoms with E-state index < -0.39 is 11.7 Å². The molecule has 1 atom stereocenters. The lowest BCUT2D eigenvalue weighted by atomic mass is 9.93. The number of benzene rings is 2. The van der Waals surface area contributed by atoms with Crippen molar-refractivity contribution in [1.82, 2.24) is 5.32 Å². The minimum atomic E-state index is -4.28. The Bertz CT molecular complexity index is 617. The zero-order valence-electron chi connectivity index (χ0n) is 11.5. The summed E-state index contributed by atoms with van der Waals surface area (Å²) in [5.41, 5.74) is 2.70. The third-order valence-electron chi connectivity index (χ3n) is 3.91. The van der Waals surface area contributed by atoms with Gasteiger partial charge in [0.15, 0.2) is 0 Å². The van der Waals surface area contributed by atoms with Crippen LogP contribution in [0.25, 0.3) is 0 Å². The van der Waals surface area contributed by atoms with E-state index in [1.54, 1.807) is 12.1 Å². The number of hydrogen-bond acceptors (Lipinski definition) is 1. The molecule has 2 aromatic rings. The number of aryl methyl sites for hydroxylation is 1. The molecule has 2 aromatic carbocycles. The molecule has 0 spiro atoms. The summed E-state index contributed by atoms with van der Waals surface area (Å²) in [4.78, 5) is 0. The van der Waals surface area contributed by atoms with Crippen LogP contribution in [0.1, 0.15) is 34.7 Å². The summed E-state index contributed by atoms with van der Waals surface area (Å²) in [5, 5.41) is 3.43. The zero-order chi connectivity index (χ0) is 14.9. The first-order valence-electron chi connectivity index (χ1n) is 7.04. The highest BCUT2D eigenvalue weighted by molar-refractivity contribution is 5.39. The summed E-state index contributed by atoms with van der Waals surface area (Å²) in [6.07, 6.45) is -2.25. The Morgan fingerprint density at radius 3 is 2.38 bits per heavy atom. The fourth-order valence-corrected chi connectivity index (χ4v) is 2.84. The molecule has 110 valence electrons. The van der Waals surface area contributed by atoms with Gasteiger partial charge in [-0.1, -0.05) is 36.4 Å².